The SMILES string of the molecule is O=C(C[C@H](c1ccsc1)n1cccc1)N1CCn2c(nnc2C(F)(F)F)C1. The van der Waals surface area contributed by atoms with E-state index in [1.54, 1.807) is 16.2 Å². The number of hydrogen-bond donors (Lipinski definition) is 0. The van der Waals surface area contributed by atoms with Crippen LogP contribution >= 0.6 is 11.3 Å². The Labute approximate surface area is 156 Å². The first kappa shape index (κ1) is 17.8. The lowest BCUT2D eigenvalue weighted by Crippen LogP contribution is -2.40. The second kappa shape index (κ2) is 6.84. The first-order valence-corrected chi connectivity index (χ1v) is 9.29. The van der Waals surface area contributed by atoms with Crippen LogP contribution in [0.3, 0.4) is 0 Å². The van der Waals surface area contributed by atoms with Crippen molar-refractivity contribution in [3.63, 3.8) is 0 Å². The Balaban J connectivity index is 1.51. The van der Waals surface area contributed by atoms with Crippen LogP contribution in [0.1, 0.15) is 29.7 Å². The van der Waals surface area contributed by atoms with Crippen molar-refractivity contribution in [2.75, 3.05) is 6.54 Å². The van der Waals surface area contributed by atoms with Crippen molar-refractivity contribution in [2.24, 2.45) is 0 Å². The predicted octanol–water partition coefficient (Wildman–Crippen LogP) is 3.18. The first-order chi connectivity index (χ1) is 12.9. The van der Waals surface area contributed by atoms with Gasteiger partial charge in [0.25, 0.3) is 0 Å². The third-order valence-corrected chi connectivity index (χ3v) is 5.34. The highest BCUT2D eigenvalue weighted by Crippen LogP contribution is 2.30. The Hall–Kier alpha value is -2.62. The molecule has 3 aromatic heterocycles. The maximum atomic E-state index is 12.9. The zero-order chi connectivity index (χ0) is 19.0. The maximum Gasteiger partial charge on any atom is 0.451 e. The topological polar surface area (TPSA) is 56.0 Å². The van der Waals surface area contributed by atoms with Gasteiger partial charge in [0.1, 0.15) is 0 Å². The molecule has 142 valence electrons. The molecule has 0 fully saturated rings. The molecule has 0 saturated carbocycles. The number of alkyl halides is 3. The van der Waals surface area contributed by atoms with E-state index in [2.05, 4.69) is 10.2 Å². The van der Waals surface area contributed by atoms with Crippen LogP contribution in [0.2, 0.25) is 0 Å². The zero-order valence-corrected chi connectivity index (χ0v) is 15.0. The minimum atomic E-state index is -4.55. The molecule has 1 aliphatic heterocycles. The third-order valence-electron chi connectivity index (χ3n) is 4.64. The Kier molecular flexibility index (Phi) is 4.50. The van der Waals surface area contributed by atoms with Crippen molar-refractivity contribution in [2.45, 2.75) is 31.7 Å². The summed E-state index contributed by atoms with van der Waals surface area (Å²) < 4.78 is 41.9. The van der Waals surface area contributed by atoms with E-state index in [9.17, 15) is 18.0 Å². The summed E-state index contributed by atoms with van der Waals surface area (Å²) in [6.07, 6.45) is -0.516. The van der Waals surface area contributed by atoms with E-state index in [0.29, 0.717) is 0 Å². The number of halogens is 3. The number of carbonyl (C=O) groups is 1. The highest BCUT2D eigenvalue weighted by Gasteiger charge is 2.40. The number of fused-ring (bicyclic) bond motifs is 1. The number of thiophene rings is 1. The molecule has 0 aliphatic carbocycles. The van der Waals surface area contributed by atoms with E-state index in [1.807, 2.05) is 45.9 Å². The van der Waals surface area contributed by atoms with Gasteiger partial charge in [-0.25, -0.2) is 0 Å². The molecule has 0 radical (unpaired) electrons. The van der Waals surface area contributed by atoms with E-state index in [-0.39, 0.29) is 43.8 Å². The van der Waals surface area contributed by atoms with Crippen LogP contribution < -0.4 is 0 Å². The van der Waals surface area contributed by atoms with E-state index < -0.39 is 12.0 Å². The fourth-order valence-electron chi connectivity index (χ4n) is 3.29. The van der Waals surface area contributed by atoms with Crippen molar-refractivity contribution >= 4 is 17.2 Å². The molecule has 10 heteroatoms. The average Bonchev–Trinajstić information content (AvgIpc) is 3.39. The Morgan fingerprint density at radius 3 is 2.67 bits per heavy atom. The largest absolute Gasteiger partial charge is 0.451 e. The minimum Gasteiger partial charge on any atom is -0.346 e. The molecule has 0 bridgehead atoms. The molecule has 6 nitrogen and oxygen atoms in total. The number of nitrogens with zero attached hydrogens (tertiary/aromatic N) is 5. The van der Waals surface area contributed by atoms with Gasteiger partial charge in [-0.2, -0.15) is 24.5 Å². The highest BCUT2D eigenvalue weighted by molar-refractivity contribution is 7.08. The molecule has 4 heterocycles. The van der Waals surface area contributed by atoms with E-state index in [4.69, 9.17) is 0 Å². The second-order valence-electron chi connectivity index (χ2n) is 6.31. The van der Waals surface area contributed by atoms with E-state index in [1.165, 1.54) is 0 Å². The van der Waals surface area contributed by atoms with Crippen LogP contribution in [0.15, 0.2) is 41.4 Å². The summed E-state index contributed by atoms with van der Waals surface area (Å²) in [5.74, 6) is -0.967. The Bertz CT molecular complexity index is 883. The summed E-state index contributed by atoms with van der Waals surface area (Å²) >= 11 is 1.56. The van der Waals surface area contributed by atoms with Gasteiger partial charge in [0.05, 0.1) is 19.0 Å². The number of carbonyl (C=O) groups excluding carboxylic acids is 1. The number of hydrogen-bond acceptors (Lipinski definition) is 4. The van der Waals surface area contributed by atoms with E-state index >= 15 is 0 Å². The van der Waals surface area contributed by atoms with Crippen molar-refractivity contribution in [1.29, 1.82) is 0 Å². The second-order valence-corrected chi connectivity index (χ2v) is 7.09. The Morgan fingerprint density at radius 2 is 2.00 bits per heavy atom. The lowest BCUT2D eigenvalue weighted by molar-refractivity contribution is -0.148. The maximum absolute atomic E-state index is 12.9. The molecule has 4 rings (SSSR count). The smallest absolute Gasteiger partial charge is 0.346 e. The van der Waals surface area contributed by atoms with Gasteiger partial charge in [-0.05, 0) is 34.5 Å². The van der Waals surface area contributed by atoms with Gasteiger partial charge < -0.3 is 14.0 Å². The summed E-state index contributed by atoms with van der Waals surface area (Å²) in [7, 11) is 0. The molecule has 0 saturated heterocycles. The quantitative estimate of drug-likeness (QED) is 0.682. The molecule has 1 amide bonds. The van der Waals surface area contributed by atoms with Crippen molar-refractivity contribution in [1.82, 2.24) is 24.2 Å². The molecule has 0 spiro atoms. The summed E-state index contributed by atoms with van der Waals surface area (Å²) in [6.45, 7) is 0.272. The van der Waals surface area contributed by atoms with Gasteiger partial charge in [-0.1, -0.05) is 0 Å². The van der Waals surface area contributed by atoms with Crippen LogP contribution in [0.5, 0.6) is 0 Å². The highest BCUT2D eigenvalue weighted by atomic mass is 32.1. The molecule has 1 atom stereocenters. The van der Waals surface area contributed by atoms with Crippen LogP contribution in [0, 0.1) is 0 Å². The van der Waals surface area contributed by atoms with Gasteiger partial charge in [-0.3, -0.25) is 4.79 Å². The molecular formula is C17H16F3N5OS. The normalized spacial score (nSPS) is 15.6. The molecule has 1 aliphatic rings. The summed E-state index contributed by atoms with van der Waals surface area (Å²) in [5, 5.41) is 10.8. The van der Waals surface area contributed by atoms with Crippen LogP contribution in [-0.4, -0.2) is 36.7 Å². The van der Waals surface area contributed by atoms with Crippen LogP contribution in [0.25, 0.3) is 0 Å². The molecular weight excluding hydrogens is 379 g/mol. The number of rotatable bonds is 4. The summed E-state index contributed by atoms with van der Waals surface area (Å²) in [4.78, 5) is 14.4. The van der Waals surface area contributed by atoms with Gasteiger partial charge >= 0.3 is 6.18 Å². The number of aromatic nitrogens is 4. The van der Waals surface area contributed by atoms with Crippen molar-refractivity contribution in [3.05, 3.63) is 58.6 Å². The van der Waals surface area contributed by atoms with Gasteiger partial charge in [0.15, 0.2) is 5.82 Å². The lowest BCUT2D eigenvalue weighted by Gasteiger charge is -2.29. The van der Waals surface area contributed by atoms with Gasteiger partial charge in [-0.15, -0.1) is 10.2 Å². The minimum absolute atomic E-state index is 0.0317. The summed E-state index contributed by atoms with van der Waals surface area (Å²) in [5.41, 5.74) is 1.03. The monoisotopic (exact) mass is 395 g/mol. The first-order valence-electron chi connectivity index (χ1n) is 8.35. The van der Waals surface area contributed by atoms with E-state index in [0.717, 1.165) is 10.1 Å². The fourth-order valence-corrected chi connectivity index (χ4v) is 4.00. The molecule has 0 N–H and O–H groups in total. The zero-order valence-electron chi connectivity index (χ0n) is 14.1. The van der Waals surface area contributed by atoms with Crippen molar-refractivity contribution < 1.29 is 18.0 Å². The number of amides is 1. The third kappa shape index (κ3) is 3.48. The predicted molar refractivity (Wildman–Crippen MR) is 91.9 cm³/mol. The van der Waals surface area contributed by atoms with Crippen LogP contribution in [-0.2, 0) is 24.1 Å². The molecule has 27 heavy (non-hydrogen) atoms. The molecule has 3 aromatic rings. The average molecular weight is 395 g/mol. The summed E-state index contributed by atoms with van der Waals surface area (Å²) in [6, 6.07) is 5.62. The standard InChI is InChI=1S/C17H16F3N5OS/c18-17(19,20)16-22-21-14-10-24(6-7-25(14)16)15(26)9-13(12-3-8-27-11-12)23-4-1-2-5-23/h1-5,8,11,13H,6-7,9-10H2/t13-/m1/s1. The van der Waals surface area contributed by atoms with Gasteiger partial charge in [0, 0.05) is 25.5 Å². The fraction of sp³-hybridized carbons (Fsp3) is 0.353. The lowest BCUT2D eigenvalue weighted by atomic mass is 10.1. The van der Waals surface area contributed by atoms with Crippen LogP contribution in [0.4, 0.5) is 13.2 Å². The van der Waals surface area contributed by atoms with Crippen molar-refractivity contribution in [3.8, 4) is 0 Å². The molecule has 0 unspecified atom stereocenters. The van der Waals surface area contributed by atoms with Gasteiger partial charge in [0.2, 0.25) is 11.7 Å². The molecule has 0 aromatic carbocycles. The Morgan fingerprint density at radius 1 is 1.22 bits per heavy atom.